The summed E-state index contributed by atoms with van der Waals surface area (Å²) >= 11 is 0. The van der Waals surface area contributed by atoms with E-state index in [0.717, 1.165) is 13.2 Å². The van der Waals surface area contributed by atoms with Crippen LogP contribution in [0.15, 0.2) is 0 Å². The van der Waals surface area contributed by atoms with Gasteiger partial charge < -0.3 is 20.7 Å². The normalized spacial score (nSPS) is 15.4. The summed E-state index contributed by atoms with van der Waals surface area (Å²) in [5.74, 6) is -2.50. The van der Waals surface area contributed by atoms with E-state index in [1.54, 1.807) is 0 Å². The second kappa shape index (κ2) is 5.50. The summed E-state index contributed by atoms with van der Waals surface area (Å²) in [6.45, 7) is 2.00. The Balaban J connectivity index is 0.000000330. The Hall–Kier alpha value is -1.14. The van der Waals surface area contributed by atoms with Crippen molar-refractivity contribution in [2.45, 2.75) is 12.5 Å². The van der Waals surface area contributed by atoms with Crippen molar-refractivity contribution in [3.8, 4) is 0 Å². The van der Waals surface area contributed by atoms with Gasteiger partial charge in [-0.05, 0) is 0 Å². The predicted molar refractivity (Wildman–Crippen MR) is 38.7 cm³/mol. The number of ether oxygens (including phenoxy) is 1. The summed E-state index contributed by atoms with van der Waals surface area (Å²) in [7, 11) is 0. The number of hydrogen-bond acceptors (Lipinski definition) is 4. The smallest absolute Gasteiger partial charge is 0.321 e. The third-order valence-electron chi connectivity index (χ3n) is 0.916. The van der Waals surface area contributed by atoms with Crippen LogP contribution in [-0.2, 0) is 14.3 Å². The molecule has 1 aliphatic heterocycles. The monoisotopic (exact) mass is 177 g/mol. The van der Waals surface area contributed by atoms with Crippen LogP contribution in [0.4, 0.5) is 0 Å². The van der Waals surface area contributed by atoms with Crippen molar-refractivity contribution in [2.24, 2.45) is 5.73 Å². The highest BCUT2D eigenvalue weighted by molar-refractivity contribution is 5.80. The Kier molecular flexibility index (Phi) is 4.98. The van der Waals surface area contributed by atoms with Gasteiger partial charge in [0.1, 0.15) is 6.04 Å². The van der Waals surface area contributed by atoms with Crippen LogP contribution in [0, 0.1) is 0 Å². The highest BCUT2D eigenvalue weighted by atomic mass is 16.6. The van der Waals surface area contributed by atoms with Crippen LogP contribution in [0.2, 0.25) is 0 Å². The highest BCUT2D eigenvalue weighted by Crippen LogP contribution is 1.86. The molecule has 6 nitrogen and oxygen atoms in total. The Morgan fingerprint density at radius 1 is 1.42 bits per heavy atom. The molecule has 1 fully saturated rings. The van der Waals surface area contributed by atoms with Crippen molar-refractivity contribution in [1.82, 2.24) is 0 Å². The average Bonchev–Trinajstić information content (AvgIpc) is 2.68. The number of epoxide rings is 1. The van der Waals surface area contributed by atoms with Gasteiger partial charge in [0, 0.05) is 0 Å². The van der Waals surface area contributed by atoms with Crippen LogP contribution in [0.3, 0.4) is 0 Å². The van der Waals surface area contributed by atoms with Crippen molar-refractivity contribution in [2.75, 3.05) is 13.2 Å². The predicted octanol–water partition coefficient (Wildman–Crippen LogP) is -1.11. The van der Waals surface area contributed by atoms with E-state index >= 15 is 0 Å². The van der Waals surface area contributed by atoms with E-state index in [-0.39, 0.29) is 0 Å². The summed E-state index contributed by atoms with van der Waals surface area (Å²) in [6.07, 6.45) is -0.532. The maximum Gasteiger partial charge on any atom is 0.321 e. The van der Waals surface area contributed by atoms with Gasteiger partial charge in [-0.1, -0.05) is 0 Å². The Morgan fingerprint density at radius 3 is 1.92 bits per heavy atom. The third-order valence-corrected chi connectivity index (χ3v) is 0.916. The van der Waals surface area contributed by atoms with Gasteiger partial charge in [-0.3, -0.25) is 9.59 Å². The number of carbonyl (C=O) groups is 2. The molecule has 1 rings (SSSR count). The van der Waals surface area contributed by atoms with E-state index in [4.69, 9.17) is 15.9 Å². The van der Waals surface area contributed by atoms with Gasteiger partial charge in [-0.25, -0.2) is 0 Å². The first-order valence-corrected chi connectivity index (χ1v) is 3.32. The molecule has 4 N–H and O–H groups in total. The van der Waals surface area contributed by atoms with Gasteiger partial charge in [0.2, 0.25) is 0 Å². The zero-order chi connectivity index (χ0) is 9.56. The molecule has 0 radical (unpaired) electrons. The quantitative estimate of drug-likeness (QED) is 0.471. The molecule has 0 amide bonds. The summed E-state index contributed by atoms with van der Waals surface area (Å²) in [5.41, 5.74) is 4.84. The minimum atomic E-state index is -1.29. The number of nitrogens with two attached hydrogens (primary N) is 1. The fourth-order valence-electron chi connectivity index (χ4n) is 0.275. The van der Waals surface area contributed by atoms with E-state index in [2.05, 4.69) is 4.74 Å². The van der Waals surface area contributed by atoms with Crippen LogP contribution in [0.1, 0.15) is 6.42 Å². The molecule has 0 aromatic carbocycles. The second-order valence-corrected chi connectivity index (χ2v) is 2.15. The first-order valence-electron chi connectivity index (χ1n) is 3.32. The molecule has 6 heteroatoms. The van der Waals surface area contributed by atoms with E-state index in [9.17, 15) is 9.59 Å². The lowest BCUT2D eigenvalue weighted by Crippen LogP contribution is -2.32. The van der Waals surface area contributed by atoms with Crippen LogP contribution in [0.5, 0.6) is 0 Å². The maximum atomic E-state index is 9.85. The Morgan fingerprint density at radius 2 is 1.83 bits per heavy atom. The molecule has 0 bridgehead atoms. The average molecular weight is 177 g/mol. The highest BCUT2D eigenvalue weighted by Gasteiger charge is 2.14. The number of carboxylic acids is 2. The third kappa shape index (κ3) is 8.86. The molecular weight excluding hydrogens is 166 g/mol. The van der Waals surface area contributed by atoms with Crippen molar-refractivity contribution < 1.29 is 24.5 Å². The number of rotatable bonds is 3. The lowest BCUT2D eigenvalue weighted by molar-refractivity contribution is -0.144. The fourth-order valence-corrected chi connectivity index (χ4v) is 0.275. The SMILES string of the molecule is C1CO1.N[C@@H](CC(=O)O)C(=O)O. The van der Waals surface area contributed by atoms with E-state index in [1.807, 2.05) is 0 Å². The van der Waals surface area contributed by atoms with Gasteiger partial charge in [0.05, 0.1) is 19.6 Å². The zero-order valence-electron chi connectivity index (χ0n) is 6.40. The Labute approximate surface area is 68.9 Å². The lowest BCUT2D eigenvalue weighted by Gasteiger charge is -1.99. The molecule has 1 heterocycles. The molecule has 0 aromatic rings. The molecule has 70 valence electrons. The topological polar surface area (TPSA) is 113 Å². The van der Waals surface area contributed by atoms with E-state index in [1.165, 1.54) is 0 Å². The van der Waals surface area contributed by atoms with Gasteiger partial charge >= 0.3 is 11.9 Å². The molecule has 0 unspecified atom stereocenters. The first kappa shape index (κ1) is 10.9. The van der Waals surface area contributed by atoms with Crippen molar-refractivity contribution in [3.63, 3.8) is 0 Å². The van der Waals surface area contributed by atoms with Crippen molar-refractivity contribution in [1.29, 1.82) is 0 Å². The molecule has 0 aliphatic carbocycles. The van der Waals surface area contributed by atoms with Crippen LogP contribution in [-0.4, -0.2) is 41.4 Å². The summed E-state index contributed by atoms with van der Waals surface area (Å²) in [5, 5.41) is 16.0. The van der Waals surface area contributed by atoms with Crippen molar-refractivity contribution >= 4 is 11.9 Å². The molecule has 0 spiro atoms. The summed E-state index contributed by atoms with van der Waals surface area (Å²) in [6, 6.07) is -1.29. The Bertz CT molecular complexity index is 165. The standard InChI is InChI=1S/C4H7NO4.C2H4O/c5-2(4(8)9)1-3(6)7;1-2-3-1/h2H,1,5H2,(H,6,7)(H,8,9);1-2H2/t2-;/m0./s1. The van der Waals surface area contributed by atoms with Crippen LogP contribution >= 0.6 is 0 Å². The lowest BCUT2D eigenvalue weighted by atomic mass is 10.2. The van der Waals surface area contributed by atoms with Gasteiger partial charge in [-0.2, -0.15) is 0 Å². The molecule has 1 atom stereocenters. The number of aliphatic carboxylic acids is 2. The first-order chi connectivity index (χ1) is 5.54. The van der Waals surface area contributed by atoms with Crippen LogP contribution in [0.25, 0.3) is 0 Å². The number of carboxylic acid groups (broad SMARTS) is 2. The summed E-state index contributed by atoms with van der Waals surface area (Å²) in [4.78, 5) is 19.6. The minimum Gasteiger partial charge on any atom is -0.481 e. The molecule has 1 aliphatic rings. The number of hydrogen-bond donors (Lipinski definition) is 3. The molecule has 1 saturated heterocycles. The van der Waals surface area contributed by atoms with E-state index < -0.39 is 24.4 Å². The summed E-state index contributed by atoms with van der Waals surface area (Å²) < 4.78 is 4.50. The molecule has 12 heavy (non-hydrogen) atoms. The van der Waals surface area contributed by atoms with Gasteiger partial charge in [0.15, 0.2) is 0 Å². The van der Waals surface area contributed by atoms with Crippen LogP contribution < -0.4 is 5.73 Å². The molecule has 0 saturated carbocycles. The maximum absolute atomic E-state index is 9.85. The van der Waals surface area contributed by atoms with E-state index in [0.29, 0.717) is 0 Å². The molecular formula is C6H11NO5. The largest absolute Gasteiger partial charge is 0.481 e. The second-order valence-electron chi connectivity index (χ2n) is 2.15. The van der Waals surface area contributed by atoms with Gasteiger partial charge in [0.25, 0.3) is 0 Å². The zero-order valence-corrected chi connectivity index (χ0v) is 6.40. The van der Waals surface area contributed by atoms with Crippen molar-refractivity contribution in [3.05, 3.63) is 0 Å². The minimum absolute atomic E-state index is 0.532. The molecule has 0 aromatic heterocycles. The van der Waals surface area contributed by atoms with Gasteiger partial charge in [-0.15, -0.1) is 0 Å². The fraction of sp³-hybridized carbons (Fsp3) is 0.667.